The zero-order valence-corrected chi connectivity index (χ0v) is 9.93. The molecule has 1 aliphatic rings. The lowest BCUT2D eigenvalue weighted by atomic mass is 9.77. The number of alkyl halides is 1. The zero-order chi connectivity index (χ0) is 10.7. The minimum atomic E-state index is 0.537. The molecule has 1 nitrogen and oxygen atoms in total. The maximum absolute atomic E-state index is 5.70. The van der Waals surface area contributed by atoms with Crippen molar-refractivity contribution in [1.82, 2.24) is 5.32 Å². The third kappa shape index (κ3) is 2.53. The van der Waals surface area contributed by atoms with Crippen LogP contribution in [0.1, 0.15) is 30.4 Å². The van der Waals surface area contributed by atoms with Gasteiger partial charge in [0.25, 0.3) is 0 Å². The highest BCUT2D eigenvalue weighted by Gasteiger charge is 2.24. The Kier molecular flexibility index (Phi) is 3.66. The number of hydrogen-bond acceptors (Lipinski definition) is 1. The first-order chi connectivity index (χ1) is 7.31. The highest BCUT2D eigenvalue weighted by Crippen LogP contribution is 2.34. The Morgan fingerprint density at radius 2 is 2.27 bits per heavy atom. The molecule has 0 aromatic heterocycles. The first-order valence-corrected chi connectivity index (χ1v) is 6.22. The Hall–Kier alpha value is -0.530. The van der Waals surface area contributed by atoms with Gasteiger partial charge in [0.1, 0.15) is 0 Å². The Morgan fingerprint density at radius 3 is 3.00 bits per heavy atom. The minimum absolute atomic E-state index is 0.537. The van der Waals surface area contributed by atoms with E-state index < -0.39 is 0 Å². The molecule has 2 unspecified atom stereocenters. The van der Waals surface area contributed by atoms with Crippen molar-refractivity contribution in [2.45, 2.75) is 31.7 Å². The SMILES string of the molecule is CC(CCCl)NCC1Cc2ccccc21. The van der Waals surface area contributed by atoms with Crippen LogP contribution < -0.4 is 5.32 Å². The Balaban J connectivity index is 1.80. The van der Waals surface area contributed by atoms with Crippen LogP contribution in [0.4, 0.5) is 0 Å². The fourth-order valence-electron chi connectivity index (χ4n) is 2.15. The van der Waals surface area contributed by atoms with E-state index in [4.69, 9.17) is 11.6 Å². The van der Waals surface area contributed by atoms with Crippen molar-refractivity contribution in [3.05, 3.63) is 35.4 Å². The highest BCUT2D eigenvalue weighted by atomic mass is 35.5. The van der Waals surface area contributed by atoms with Crippen molar-refractivity contribution in [3.8, 4) is 0 Å². The van der Waals surface area contributed by atoms with Crippen molar-refractivity contribution in [3.63, 3.8) is 0 Å². The quantitative estimate of drug-likeness (QED) is 0.757. The highest BCUT2D eigenvalue weighted by molar-refractivity contribution is 6.17. The summed E-state index contributed by atoms with van der Waals surface area (Å²) in [7, 11) is 0. The number of hydrogen-bond donors (Lipinski definition) is 1. The molecular weight excluding hydrogens is 206 g/mol. The average Bonchev–Trinajstić information content (AvgIpc) is 2.20. The van der Waals surface area contributed by atoms with Gasteiger partial charge in [0.2, 0.25) is 0 Å². The van der Waals surface area contributed by atoms with Crippen LogP contribution >= 0.6 is 11.6 Å². The molecule has 0 amide bonds. The molecule has 0 aliphatic heterocycles. The Bertz CT molecular complexity index is 324. The van der Waals surface area contributed by atoms with E-state index in [0.717, 1.165) is 24.8 Å². The molecule has 0 fully saturated rings. The lowest BCUT2D eigenvalue weighted by Crippen LogP contribution is -2.34. The molecule has 0 saturated heterocycles. The summed E-state index contributed by atoms with van der Waals surface area (Å²) in [5, 5.41) is 3.54. The summed E-state index contributed by atoms with van der Waals surface area (Å²) in [6.45, 7) is 3.29. The summed E-state index contributed by atoms with van der Waals surface area (Å²) in [4.78, 5) is 0. The monoisotopic (exact) mass is 223 g/mol. The van der Waals surface area contributed by atoms with Crippen molar-refractivity contribution >= 4 is 11.6 Å². The largest absolute Gasteiger partial charge is 0.314 e. The molecule has 82 valence electrons. The smallest absolute Gasteiger partial charge is 0.0238 e. The van der Waals surface area contributed by atoms with Gasteiger partial charge in [-0.15, -0.1) is 11.6 Å². The predicted molar refractivity (Wildman–Crippen MR) is 65.7 cm³/mol. The Morgan fingerprint density at radius 1 is 1.47 bits per heavy atom. The van der Waals surface area contributed by atoms with Crippen molar-refractivity contribution in [2.24, 2.45) is 0 Å². The fourth-order valence-corrected chi connectivity index (χ4v) is 2.48. The minimum Gasteiger partial charge on any atom is -0.314 e. The molecule has 2 heteroatoms. The second-order valence-electron chi connectivity index (χ2n) is 4.39. The van der Waals surface area contributed by atoms with Crippen molar-refractivity contribution in [2.75, 3.05) is 12.4 Å². The molecule has 2 rings (SSSR count). The molecule has 1 aromatic rings. The zero-order valence-electron chi connectivity index (χ0n) is 9.17. The number of fused-ring (bicyclic) bond motifs is 1. The summed E-state index contributed by atoms with van der Waals surface area (Å²) < 4.78 is 0. The summed E-state index contributed by atoms with van der Waals surface area (Å²) >= 11 is 5.70. The number of rotatable bonds is 5. The van der Waals surface area contributed by atoms with Crippen LogP contribution in [0.3, 0.4) is 0 Å². The third-order valence-electron chi connectivity index (χ3n) is 3.22. The van der Waals surface area contributed by atoms with Gasteiger partial charge in [-0.2, -0.15) is 0 Å². The van der Waals surface area contributed by atoms with Crippen LogP contribution in [-0.4, -0.2) is 18.5 Å². The van der Waals surface area contributed by atoms with E-state index in [0.29, 0.717) is 6.04 Å². The van der Waals surface area contributed by atoms with E-state index in [1.165, 1.54) is 17.5 Å². The first kappa shape index (κ1) is 11.0. The van der Waals surface area contributed by atoms with E-state index in [-0.39, 0.29) is 0 Å². The lowest BCUT2D eigenvalue weighted by molar-refractivity contribution is 0.472. The summed E-state index contributed by atoms with van der Waals surface area (Å²) in [6, 6.07) is 9.27. The molecule has 0 spiro atoms. The second-order valence-corrected chi connectivity index (χ2v) is 4.76. The first-order valence-electron chi connectivity index (χ1n) is 5.68. The average molecular weight is 224 g/mol. The molecule has 1 aliphatic carbocycles. The van der Waals surface area contributed by atoms with Gasteiger partial charge in [-0.05, 0) is 30.9 Å². The summed E-state index contributed by atoms with van der Waals surface area (Å²) in [5.74, 6) is 1.47. The van der Waals surface area contributed by atoms with Crippen molar-refractivity contribution < 1.29 is 0 Å². The van der Waals surface area contributed by atoms with E-state index in [1.54, 1.807) is 0 Å². The summed E-state index contributed by atoms with van der Waals surface area (Å²) in [5.41, 5.74) is 3.05. The molecular formula is C13H18ClN. The van der Waals surface area contributed by atoms with Crippen LogP contribution in [0.15, 0.2) is 24.3 Å². The standard InChI is InChI=1S/C13H18ClN/c1-10(6-7-14)15-9-12-8-11-4-2-3-5-13(11)12/h2-5,10,12,15H,6-9H2,1H3. The van der Waals surface area contributed by atoms with Gasteiger partial charge in [0.05, 0.1) is 0 Å². The van der Waals surface area contributed by atoms with Crippen LogP contribution in [0.25, 0.3) is 0 Å². The molecule has 0 radical (unpaired) electrons. The maximum Gasteiger partial charge on any atom is 0.0238 e. The van der Waals surface area contributed by atoms with Crippen LogP contribution in [0, 0.1) is 0 Å². The van der Waals surface area contributed by atoms with Crippen LogP contribution in [0.5, 0.6) is 0 Å². The predicted octanol–water partition coefficient (Wildman–Crippen LogP) is 2.93. The molecule has 1 aromatic carbocycles. The van der Waals surface area contributed by atoms with Crippen LogP contribution in [-0.2, 0) is 6.42 Å². The number of halogens is 1. The van der Waals surface area contributed by atoms with E-state index in [9.17, 15) is 0 Å². The lowest BCUT2D eigenvalue weighted by Gasteiger charge is -2.31. The van der Waals surface area contributed by atoms with Gasteiger partial charge >= 0.3 is 0 Å². The molecule has 0 bridgehead atoms. The van der Waals surface area contributed by atoms with E-state index in [2.05, 4.69) is 36.5 Å². The van der Waals surface area contributed by atoms with Gasteiger partial charge in [0, 0.05) is 24.4 Å². The molecule has 2 atom stereocenters. The number of benzene rings is 1. The topological polar surface area (TPSA) is 12.0 Å². The number of nitrogens with one attached hydrogen (secondary N) is 1. The van der Waals surface area contributed by atoms with Gasteiger partial charge in [-0.3, -0.25) is 0 Å². The van der Waals surface area contributed by atoms with Crippen LogP contribution in [0.2, 0.25) is 0 Å². The molecule has 1 N–H and O–H groups in total. The third-order valence-corrected chi connectivity index (χ3v) is 3.43. The molecule has 0 heterocycles. The maximum atomic E-state index is 5.70. The van der Waals surface area contributed by atoms with Gasteiger partial charge in [-0.1, -0.05) is 24.3 Å². The fraction of sp³-hybridized carbons (Fsp3) is 0.538. The molecule has 0 saturated carbocycles. The normalized spacial score (nSPS) is 20.5. The van der Waals surface area contributed by atoms with Crippen molar-refractivity contribution in [1.29, 1.82) is 0 Å². The van der Waals surface area contributed by atoms with E-state index in [1.807, 2.05) is 0 Å². The van der Waals surface area contributed by atoms with Gasteiger partial charge in [0.15, 0.2) is 0 Å². The van der Waals surface area contributed by atoms with Gasteiger partial charge < -0.3 is 5.32 Å². The molecule has 15 heavy (non-hydrogen) atoms. The van der Waals surface area contributed by atoms with Gasteiger partial charge in [-0.25, -0.2) is 0 Å². The second kappa shape index (κ2) is 5.00. The Labute approximate surface area is 96.8 Å². The van der Waals surface area contributed by atoms with E-state index >= 15 is 0 Å². The summed E-state index contributed by atoms with van der Waals surface area (Å²) in [6.07, 6.45) is 2.28.